The molecule has 0 aliphatic carbocycles. The predicted octanol–water partition coefficient (Wildman–Crippen LogP) is -0.458. The zero-order chi connectivity index (χ0) is 34.0. The van der Waals surface area contributed by atoms with Gasteiger partial charge in [0, 0.05) is 55.6 Å². The maximum absolute atomic E-state index is 12.3. The number of carbonyl (C=O) groups is 7. The van der Waals surface area contributed by atoms with Gasteiger partial charge in [-0.3, -0.25) is 38.9 Å². The van der Waals surface area contributed by atoms with Gasteiger partial charge in [0.1, 0.15) is 19.3 Å². The van der Waals surface area contributed by atoms with Crippen molar-refractivity contribution in [1.82, 2.24) is 5.32 Å². The summed E-state index contributed by atoms with van der Waals surface area (Å²) in [6.07, 6.45) is -9.11. The van der Waals surface area contributed by atoms with Crippen molar-refractivity contribution in [2.24, 2.45) is 0 Å². The lowest BCUT2D eigenvalue weighted by Gasteiger charge is -2.49. The summed E-state index contributed by atoms with van der Waals surface area (Å²) in [5.41, 5.74) is 0. The van der Waals surface area contributed by atoms with Gasteiger partial charge >= 0.3 is 41.8 Å². The van der Waals surface area contributed by atoms with Crippen molar-refractivity contribution < 1.29 is 76.2 Å². The molecule has 2 fully saturated rings. The fourth-order valence-electron chi connectivity index (χ4n) is 4.84. The minimum Gasteiger partial charge on any atom is -0.465 e. The third kappa shape index (κ3) is 11.4. The van der Waals surface area contributed by atoms with E-state index in [2.05, 4.69) is 5.32 Å². The van der Waals surface area contributed by atoms with Crippen LogP contribution in [0.15, 0.2) is 0 Å². The molecule has 0 unspecified atom stereocenters. The Balaban J connectivity index is 2.70. The Kier molecular flexibility index (Phi) is 14.5. The van der Waals surface area contributed by atoms with Crippen LogP contribution in [0.1, 0.15) is 48.5 Å². The van der Waals surface area contributed by atoms with E-state index < -0.39 is 108 Å². The molecule has 0 saturated carbocycles. The summed E-state index contributed by atoms with van der Waals surface area (Å²) in [5, 5.41) is 1.16. The minimum absolute atomic E-state index is 0.328. The van der Waals surface area contributed by atoms with Gasteiger partial charge in [-0.05, 0) is 0 Å². The number of methoxy groups -OCH3 is 1. The number of ether oxygens (including phenoxy) is 9. The zero-order valence-corrected chi connectivity index (χ0v) is 26.9. The highest BCUT2D eigenvalue weighted by atomic mass is 32.2. The van der Waals surface area contributed by atoms with Gasteiger partial charge in [0.05, 0.1) is 16.7 Å². The van der Waals surface area contributed by atoms with Crippen LogP contribution in [0.2, 0.25) is 0 Å². The Morgan fingerprint density at radius 3 is 1.51 bits per heavy atom. The molecule has 45 heavy (non-hydrogen) atoms. The second-order valence-electron chi connectivity index (χ2n) is 10.0. The first-order chi connectivity index (χ1) is 21.0. The van der Waals surface area contributed by atoms with Crippen molar-refractivity contribution in [3.05, 3.63) is 0 Å². The first kappa shape index (κ1) is 37.7. The van der Waals surface area contributed by atoms with Gasteiger partial charge in [0.2, 0.25) is 0 Å². The number of thioether (sulfide) groups is 1. The number of hydrogen-bond acceptors (Lipinski definition) is 18. The zero-order valence-electron chi connectivity index (χ0n) is 26.1. The second kappa shape index (κ2) is 17.3. The van der Waals surface area contributed by atoms with Crippen molar-refractivity contribution in [2.75, 3.05) is 20.3 Å². The summed E-state index contributed by atoms with van der Waals surface area (Å²) in [6, 6.07) is -1.20. The lowest BCUT2D eigenvalue weighted by atomic mass is 9.94. The van der Waals surface area contributed by atoms with Crippen LogP contribution < -0.4 is 5.32 Å². The Morgan fingerprint density at radius 2 is 1.02 bits per heavy atom. The van der Waals surface area contributed by atoms with Crippen LogP contribution in [0.4, 0.5) is 0 Å². The first-order valence-electron chi connectivity index (χ1n) is 13.8. The third-order valence-electron chi connectivity index (χ3n) is 6.29. The van der Waals surface area contributed by atoms with Gasteiger partial charge in [0.25, 0.3) is 0 Å². The van der Waals surface area contributed by atoms with Crippen molar-refractivity contribution >= 4 is 53.5 Å². The number of carbonyl (C=O) groups excluding carboxylic acids is 7. The Hall–Kier alpha value is -3.48. The molecule has 0 radical (unpaired) electrons. The molecular weight excluding hydrogens is 626 g/mol. The van der Waals surface area contributed by atoms with E-state index in [0.717, 1.165) is 53.3 Å². The molecule has 0 amide bonds. The molecule has 2 rings (SSSR count). The molecule has 2 saturated heterocycles. The van der Waals surface area contributed by atoms with Crippen LogP contribution in [0.3, 0.4) is 0 Å². The van der Waals surface area contributed by atoms with Crippen molar-refractivity contribution in [2.45, 2.75) is 108 Å². The maximum atomic E-state index is 12.3. The fraction of sp³-hybridized carbons (Fsp3) is 0.741. The van der Waals surface area contributed by atoms with Gasteiger partial charge in [-0.2, -0.15) is 0 Å². The quantitative estimate of drug-likeness (QED) is 0.206. The van der Waals surface area contributed by atoms with E-state index in [0.29, 0.717) is 0 Å². The molecule has 0 aromatic carbocycles. The van der Waals surface area contributed by atoms with Crippen molar-refractivity contribution in [3.8, 4) is 0 Å². The summed E-state index contributed by atoms with van der Waals surface area (Å²) < 4.78 is 49.3. The van der Waals surface area contributed by atoms with Crippen molar-refractivity contribution in [3.63, 3.8) is 0 Å². The van der Waals surface area contributed by atoms with E-state index in [1.807, 2.05) is 0 Å². The fourth-order valence-corrected chi connectivity index (χ4v) is 6.33. The summed E-state index contributed by atoms with van der Waals surface area (Å²) in [6.45, 7) is 7.16. The topological polar surface area (TPSA) is 215 Å². The summed E-state index contributed by atoms with van der Waals surface area (Å²) in [4.78, 5) is 84.5. The summed E-state index contributed by atoms with van der Waals surface area (Å²) in [5.74, 6) is -5.21. The molecule has 0 bridgehead atoms. The average molecular weight is 666 g/mol. The van der Waals surface area contributed by atoms with Crippen LogP contribution in [0.25, 0.3) is 0 Å². The predicted molar refractivity (Wildman–Crippen MR) is 149 cm³/mol. The highest BCUT2D eigenvalue weighted by Gasteiger charge is 2.56. The van der Waals surface area contributed by atoms with Crippen molar-refractivity contribution in [1.29, 1.82) is 0 Å². The first-order valence-corrected chi connectivity index (χ1v) is 14.7. The molecule has 18 heteroatoms. The van der Waals surface area contributed by atoms with Crippen LogP contribution in [-0.4, -0.2) is 122 Å². The van der Waals surface area contributed by atoms with Gasteiger partial charge in [-0.15, -0.1) is 11.8 Å². The molecule has 17 nitrogen and oxygen atoms in total. The largest absolute Gasteiger partial charge is 0.465 e. The van der Waals surface area contributed by atoms with Crippen LogP contribution in [-0.2, 0) is 76.2 Å². The van der Waals surface area contributed by atoms with E-state index in [9.17, 15) is 33.6 Å². The molecule has 10 atom stereocenters. The van der Waals surface area contributed by atoms with E-state index >= 15 is 0 Å². The Morgan fingerprint density at radius 1 is 0.578 bits per heavy atom. The van der Waals surface area contributed by atoms with Gasteiger partial charge < -0.3 is 42.6 Å². The summed E-state index contributed by atoms with van der Waals surface area (Å²) in [7, 11) is 1.26. The summed E-state index contributed by atoms with van der Waals surface area (Å²) >= 11 is 0.986. The van der Waals surface area contributed by atoms with Gasteiger partial charge in [0.15, 0.2) is 36.8 Å². The SMILES string of the molecule is CO[C@H]1O[C@H](COC(C)=O)[C@@H](OC(C)=O)[C@H](N[C@H]2S[C@H](COC(C)=O)[C@@H](OC(C)=O)[C@H](OC(C)=O)[C@@H]2OC(C)=O)[C@@H]1OC(C)=O. The molecular formula is C27H39NO16S. The lowest BCUT2D eigenvalue weighted by molar-refractivity contribution is -0.280. The van der Waals surface area contributed by atoms with Gasteiger partial charge in [-0.1, -0.05) is 0 Å². The highest BCUT2D eigenvalue weighted by Crippen LogP contribution is 2.39. The third-order valence-corrected chi connectivity index (χ3v) is 7.74. The standard InChI is InChI=1S/C27H39NO16S/c1-11(29)37-9-18-21(39-13(3)31)20(23(41-15(5)33)27(36-8)44-18)28-26-25(43-17(7)35)24(42-16(6)34)22(40-14(4)32)19(45-26)10-38-12(2)30/h18-28H,9-10H2,1-8H3/t18-,19-,20+,21-,22-,23+,24+,25+,26+,27+/m1/s1. The highest BCUT2D eigenvalue weighted by molar-refractivity contribution is 8.00. The van der Waals surface area contributed by atoms with E-state index in [1.54, 1.807) is 0 Å². The molecule has 0 aromatic rings. The second-order valence-corrected chi connectivity index (χ2v) is 11.4. The Labute approximate surface area is 263 Å². The lowest BCUT2D eigenvalue weighted by Crippen LogP contribution is -2.70. The molecule has 0 spiro atoms. The molecule has 2 aliphatic rings. The molecule has 2 heterocycles. The number of hydrogen-bond donors (Lipinski definition) is 1. The molecule has 0 aromatic heterocycles. The minimum atomic E-state index is -1.43. The molecule has 2 aliphatic heterocycles. The van der Waals surface area contributed by atoms with E-state index in [4.69, 9.17) is 42.6 Å². The van der Waals surface area contributed by atoms with Crippen LogP contribution in [0, 0.1) is 0 Å². The molecule has 1 N–H and O–H groups in total. The monoisotopic (exact) mass is 665 g/mol. The smallest absolute Gasteiger partial charge is 0.303 e. The number of nitrogens with one attached hydrogen (secondary N) is 1. The van der Waals surface area contributed by atoms with E-state index in [1.165, 1.54) is 14.0 Å². The Bertz CT molecular complexity index is 1120. The van der Waals surface area contributed by atoms with Gasteiger partial charge in [-0.25, -0.2) is 0 Å². The van der Waals surface area contributed by atoms with E-state index in [-0.39, 0.29) is 6.61 Å². The molecule has 254 valence electrons. The number of rotatable bonds is 12. The van der Waals surface area contributed by atoms with Crippen LogP contribution in [0.5, 0.6) is 0 Å². The van der Waals surface area contributed by atoms with Crippen LogP contribution >= 0.6 is 11.8 Å². The normalized spacial score (nSPS) is 31.0. The average Bonchev–Trinajstić information content (AvgIpc) is 2.90. The number of esters is 7. The maximum Gasteiger partial charge on any atom is 0.303 e.